The van der Waals surface area contributed by atoms with Crippen molar-refractivity contribution in [2.45, 2.75) is 25.9 Å². The first kappa shape index (κ1) is 11.4. The second-order valence-corrected chi connectivity index (χ2v) is 4.92. The van der Waals surface area contributed by atoms with Crippen LogP contribution in [0.3, 0.4) is 0 Å². The fourth-order valence-electron chi connectivity index (χ4n) is 2.67. The van der Waals surface area contributed by atoms with Gasteiger partial charge in [-0.2, -0.15) is 5.26 Å². The van der Waals surface area contributed by atoms with Crippen molar-refractivity contribution >= 4 is 0 Å². The first-order valence-electron chi connectivity index (χ1n) is 6.30. The topological polar surface area (TPSA) is 45.5 Å². The molecule has 2 aliphatic rings. The average Bonchev–Trinajstić information content (AvgIpc) is 2.97. The molecule has 2 aliphatic heterocycles. The first-order chi connectivity index (χ1) is 8.78. The molecule has 3 rings (SSSR count). The van der Waals surface area contributed by atoms with Gasteiger partial charge < -0.3 is 9.47 Å². The highest BCUT2D eigenvalue weighted by Gasteiger charge is 2.30. The van der Waals surface area contributed by atoms with Crippen LogP contribution in [-0.2, 0) is 6.54 Å². The zero-order chi connectivity index (χ0) is 12.5. The number of rotatable bonds is 2. The van der Waals surface area contributed by atoms with E-state index in [1.54, 1.807) is 0 Å². The van der Waals surface area contributed by atoms with E-state index in [1.807, 2.05) is 12.1 Å². The third-order valence-electron chi connectivity index (χ3n) is 3.87. The molecule has 4 nitrogen and oxygen atoms in total. The van der Waals surface area contributed by atoms with Gasteiger partial charge in [0.05, 0.1) is 12.0 Å². The maximum absolute atomic E-state index is 9.03. The van der Waals surface area contributed by atoms with E-state index in [4.69, 9.17) is 14.7 Å². The molecule has 0 aromatic heterocycles. The first-order valence-corrected chi connectivity index (χ1v) is 6.30. The molecule has 1 aromatic carbocycles. The Morgan fingerprint density at radius 3 is 3.00 bits per heavy atom. The van der Waals surface area contributed by atoms with Crippen LogP contribution in [0.2, 0.25) is 0 Å². The van der Waals surface area contributed by atoms with Gasteiger partial charge in [0, 0.05) is 19.1 Å². The van der Waals surface area contributed by atoms with E-state index in [2.05, 4.69) is 24.0 Å². The van der Waals surface area contributed by atoms with Gasteiger partial charge in [-0.25, -0.2) is 0 Å². The number of likely N-dealkylation sites (tertiary alicyclic amines) is 1. The molecule has 0 saturated carbocycles. The van der Waals surface area contributed by atoms with Crippen LogP contribution in [0.4, 0.5) is 0 Å². The van der Waals surface area contributed by atoms with E-state index in [1.165, 1.54) is 5.56 Å². The molecule has 0 radical (unpaired) electrons. The second-order valence-electron chi connectivity index (χ2n) is 4.92. The molecule has 1 saturated heterocycles. The van der Waals surface area contributed by atoms with Gasteiger partial charge >= 0.3 is 0 Å². The van der Waals surface area contributed by atoms with Gasteiger partial charge in [-0.3, -0.25) is 4.90 Å². The van der Waals surface area contributed by atoms with E-state index < -0.39 is 0 Å². The van der Waals surface area contributed by atoms with Gasteiger partial charge in [0.2, 0.25) is 6.79 Å². The molecule has 0 N–H and O–H groups in total. The molecular formula is C14H16N2O2. The van der Waals surface area contributed by atoms with Gasteiger partial charge in [0.25, 0.3) is 0 Å². The van der Waals surface area contributed by atoms with Crippen LogP contribution in [0.25, 0.3) is 0 Å². The van der Waals surface area contributed by atoms with Crippen molar-refractivity contribution in [3.63, 3.8) is 0 Å². The van der Waals surface area contributed by atoms with Crippen LogP contribution in [0, 0.1) is 17.2 Å². The molecule has 18 heavy (non-hydrogen) atoms. The van der Waals surface area contributed by atoms with Gasteiger partial charge in [-0.15, -0.1) is 0 Å². The van der Waals surface area contributed by atoms with Crippen molar-refractivity contribution in [2.24, 2.45) is 5.92 Å². The Labute approximate surface area is 107 Å². The summed E-state index contributed by atoms with van der Waals surface area (Å²) in [6, 6.07) is 8.78. The van der Waals surface area contributed by atoms with Crippen LogP contribution in [0.15, 0.2) is 18.2 Å². The third kappa shape index (κ3) is 1.91. The fraction of sp³-hybridized carbons (Fsp3) is 0.500. The van der Waals surface area contributed by atoms with Crippen LogP contribution in [0.1, 0.15) is 18.9 Å². The Kier molecular flexibility index (Phi) is 2.85. The highest BCUT2D eigenvalue weighted by molar-refractivity contribution is 5.44. The summed E-state index contributed by atoms with van der Waals surface area (Å²) in [6.07, 6.45) is 0.974. The minimum atomic E-state index is 0.166. The van der Waals surface area contributed by atoms with Gasteiger partial charge in [0.1, 0.15) is 0 Å². The number of hydrogen-bond acceptors (Lipinski definition) is 4. The predicted octanol–water partition coefficient (Wildman–Crippen LogP) is 2.15. The monoisotopic (exact) mass is 244 g/mol. The molecule has 94 valence electrons. The molecule has 0 aliphatic carbocycles. The quantitative estimate of drug-likeness (QED) is 0.799. The second kappa shape index (κ2) is 4.51. The molecule has 2 unspecified atom stereocenters. The normalized spacial score (nSPS) is 26.2. The number of nitriles is 1. The lowest BCUT2D eigenvalue weighted by molar-refractivity contribution is 0.174. The number of nitrogens with zero attached hydrogens (tertiary/aromatic N) is 2. The molecule has 0 bridgehead atoms. The van der Waals surface area contributed by atoms with Gasteiger partial charge in [0.15, 0.2) is 11.5 Å². The summed E-state index contributed by atoms with van der Waals surface area (Å²) in [5.74, 6) is 1.82. The maximum Gasteiger partial charge on any atom is 0.231 e. The molecule has 2 heterocycles. The molecule has 1 aromatic rings. The molecule has 1 fully saturated rings. The summed E-state index contributed by atoms with van der Waals surface area (Å²) in [4.78, 5) is 2.35. The Morgan fingerprint density at radius 2 is 2.22 bits per heavy atom. The van der Waals surface area contributed by atoms with E-state index in [0.29, 0.717) is 12.8 Å². The Balaban J connectivity index is 1.72. The van der Waals surface area contributed by atoms with E-state index in [-0.39, 0.29) is 5.92 Å². The Bertz CT molecular complexity index is 495. The van der Waals surface area contributed by atoms with Crippen molar-refractivity contribution in [1.29, 1.82) is 5.26 Å². The molecular weight excluding hydrogens is 228 g/mol. The average molecular weight is 244 g/mol. The summed E-state index contributed by atoms with van der Waals surface area (Å²) >= 11 is 0. The van der Waals surface area contributed by atoms with Crippen molar-refractivity contribution in [3.05, 3.63) is 23.8 Å². The molecule has 4 heteroatoms. The highest BCUT2D eigenvalue weighted by atomic mass is 16.7. The Hall–Kier alpha value is -1.73. The fourth-order valence-corrected chi connectivity index (χ4v) is 2.67. The summed E-state index contributed by atoms with van der Waals surface area (Å²) < 4.78 is 10.7. The number of ether oxygens (including phenoxy) is 2. The van der Waals surface area contributed by atoms with Crippen molar-refractivity contribution in [2.75, 3.05) is 13.3 Å². The van der Waals surface area contributed by atoms with Crippen LogP contribution >= 0.6 is 0 Å². The molecule has 2 atom stereocenters. The maximum atomic E-state index is 9.03. The van der Waals surface area contributed by atoms with Gasteiger partial charge in [-0.05, 0) is 31.0 Å². The largest absolute Gasteiger partial charge is 0.454 e. The smallest absolute Gasteiger partial charge is 0.231 e. The minimum absolute atomic E-state index is 0.166. The van der Waals surface area contributed by atoms with E-state index in [0.717, 1.165) is 31.0 Å². The predicted molar refractivity (Wildman–Crippen MR) is 66.2 cm³/mol. The SMILES string of the molecule is CC1C(C#N)CCN1Cc1ccc2c(c1)OCO2. The Morgan fingerprint density at radius 1 is 1.39 bits per heavy atom. The summed E-state index contributed by atoms with van der Waals surface area (Å²) in [5, 5.41) is 9.03. The zero-order valence-electron chi connectivity index (χ0n) is 10.4. The lowest BCUT2D eigenvalue weighted by Gasteiger charge is -2.22. The van der Waals surface area contributed by atoms with Crippen molar-refractivity contribution in [1.82, 2.24) is 4.90 Å². The zero-order valence-corrected chi connectivity index (χ0v) is 10.4. The van der Waals surface area contributed by atoms with Crippen LogP contribution in [-0.4, -0.2) is 24.3 Å². The van der Waals surface area contributed by atoms with E-state index in [9.17, 15) is 0 Å². The summed E-state index contributed by atoms with van der Waals surface area (Å²) in [5.41, 5.74) is 1.21. The number of hydrogen-bond donors (Lipinski definition) is 0. The standard InChI is InChI=1S/C14H16N2O2/c1-10-12(7-15)4-5-16(10)8-11-2-3-13-14(6-11)18-9-17-13/h2-3,6,10,12H,4-5,8-9H2,1H3. The van der Waals surface area contributed by atoms with Crippen molar-refractivity contribution in [3.8, 4) is 17.6 Å². The third-order valence-corrected chi connectivity index (χ3v) is 3.87. The minimum Gasteiger partial charge on any atom is -0.454 e. The van der Waals surface area contributed by atoms with Crippen LogP contribution in [0.5, 0.6) is 11.5 Å². The highest BCUT2D eigenvalue weighted by Crippen LogP contribution is 2.33. The summed E-state index contributed by atoms with van der Waals surface area (Å²) in [6.45, 7) is 4.31. The summed E-state index contributed by atoms with van der Waals surface area (Å²) in [7, 11) is 0. The lowest BCUT2D eigenvalue weighted by Crippen LogP contribution is -2.29. The van der Waals surface area contributed by atoms with Crippen LogP contribution < -0.4 is 9.47 Å². The molecule has 0 amide bonds. The van der Waals surface area contributed by atoms with E-state index >= 15 is 0 Å². The van der Waals surface area contributed by atoms with Gasteiger partial charge in [-0.1, -0.05) is 6.07 Å². The number of fused-ring (bicyclic) bond motifs is 1. The van der Waals surface area contributed by atoms with Crippen molar-refractivity contribution < 1.29 is 9.47 Å². The number of benzene rings is 1. The molecule has 0 spiro atoms. The lowest BCUT2D eigenvalue weighted by atomic mass is 10.0.